The molecular formula is C17H26N2O. The maximum Gasteiger partial charge on any atom is 0.227 e. The molecule has 110 valence electrons. The number of nitrogens with zero attached hydrogens (tertiary/aromatic N) is 1. The van der Waals surface area contributed by atoms with Gasteiger partial charge in [0.25, 0.3) is 0 Å². The molecule has 0 spiro atoms. The second-order valence-electron chi connectivity index (χ2n) is 6.02. The van der Waals surface area contributed by atoms with Crippen molar-refractivity contribution in [3.05, 3.63) is 35.4 Å². The molecule has 0 aliphatic heterocycles. The molecule has 1 fully saturated rings. The fraction of sp³-hybridized carbons (Fsp3) is 0.588. The van der Waals surface area contributed by atoms with E-state index in [2.05, 4.69) is 31.2 Å². The maximum absolute atomic E-state index is 12.5. The van der Waals surface area contributed by atoms with Gasteiger partial charge in [-0.3, -0.25) is 4.79 Å². The first-order valence-corrected chi connectivity index (χ1v) is 7.66. The second kappa shape index (κ2) is 6.40. The summed E-state index contributed by atoms with van der Waals surface area (Å²) in [7, 11) is 0. The van der Waals surface area contributed by atoms with Gasteiger partial charge in [-0.05, 0) is 37.3 Å². The number of nitrogens with two attached hydrogens (primary N) is 1. The number of rotatable bonds is 6. The maximum atomic E-state index is 12.5. The molecule has 1 saturated carbocycles. The molecular weight excluding hydrogens is 248 g/mol. The fourth-order valence-electron chi connectivity index (χ4n) is 2.34. The summed E-state index contributed by atoms with van der Waals surface area (Å²) >= 11 is 0. The zero-order valence-electron chi connectivity index (χ0n) is 12.8. The third kappa shape index (κ3) is 3.60. The lowest BCUT2D eigenvalue weighted by Gasteiger charge is -2.27. The van der Waals surface area contributed by atoms with Crippen molar-refractivity contribution >= 4 is 5.91 Å². The highest BCUT2D eigenvalue weighted by atomic mass is 16.2. The summed E-state index contributed by atoms with van der Waals surface area (Å²) in [5.74, 6) is 0.0904. The van der Waals surface area contributed by atoms with Gasteiger partial charge in [0.05, 0.1) is 5.92 Å². The van der Waals surface area contributed by atoms with Crippen molar-refractivity contribution in [3.8, 4) is 0 Å². The number of amides is 1. The Morgan fingerprint density at radius 2 is 1.80 bits per heavy atom. The molecule has 0 bridgehead atoms. The van der Waals surface area contributed by atoms with Gasteiger partial charge in [0.1, 0.15) is 0 Å². The first-order chi connectivity index (χ1) is 9.52. The highest BCUT2D eigenvalue weighted by Gasteiger charge is 2.35. The van der Waals surface area contributed by atoms with Crippen molar-refractivity contribution in [1.82, 2.24) is 4.90 Å². The SMILES string of the molecule is CCc1ccc(CN(C(=O)C(C)C(C)N)C2CC2)cc1. The quantitative estimate of drug-likeness (QED) is 0.867. The Bertz CT molecular complexity index is 449. The molecule has 0 radical (unpaired) electrons. The van der Waals surface area contributed by atoms with Crippen LogP contribution in [-0.2, 0) is 17.8 Å². The molecule has 3 heteroatoms. The Morgan fingerprint density at radius 3 is 2.25 bits per heavy atom. The zero-order valence-corrected chi connectivity index (χ0v) is 12.8. The molecule has 1 amide bonds. The summed E-state index contributed by atoms with van der Waals surface area (Å²) in [5, 5.41) is 0. The van der Waals surface area contributed by atoms with Crippen molar-refractivity contribution in [3.63, 3.8) is 0 Å². The van der Waals surface area contributed by atoms with E-state index in [1.807, 2.05) is 18.7 Å². The van der Waals surface area contributed by atoms with Gasteiger partial charge in [-0.2, -0.15) is 0 Å². The lowest BCUT2D eigenvalue weighted by atomic mass is 10.0. The number of hydrogen-bond acceptors (Lipinski definition) is 2. The molecule has 3 nitrogen and oxygen atoms in total. The van der Waals surface area contributed by atoms with Crippen molar-refractivity contribution in [2.45, 2.75) is 58.7 Å². The summed E-state index contributed by atoms with van der Waals surface area (Å²) in [6.07, 6.45) is 3.31. The third-order valence-corrected chi connectivity index (χ3v) is 4.23. The van der Waals surface area contributed by atoms with E-state index < -0.39 is 0 Å². The minimum Gasteiger partial charge on any atom is -0.335 e. The highest BCUT2D eigenvalue weighted by molar-refractivity contribution is 5.79. The van der Waals surface area contributed by atoms with Crippen LogP contribution in [0.1, 0.15) is 44.7 Å². The number of carbonyl (C=O) groups is 1. The Balaban J connectivity index is 2.07. The predicted molar refractivity (Wildman–Crippen MR) is 82.2 cm³/mol. The lowest BCUT2D eigenvalue weighted by molar-refractivity contribution is -0.136. The van der Waals surface area contributed by atoms with Crippen LogP contribution in [0.4, 0.5) is 0 Å². The van der Waals surface area contributed by atoms with Crippen LogP contribution in [0.2, 0.25) is 0 Å². The van der Waals surface area contributed by atoms with E-state index >= 15 is 0 Å². The van der Waals surface area contributed by atoms with Crippen molar-refractivity contribution in [2.24, 2.45) is 11.7 Å². The van der Waals surface area contributed by atoms with Crippen molar-refractivity contribution < 1.29 is 4.79 Å². The minimum atomic E-state index is -0.106. The van der Waals surface area contributed by atoms with Crippen LogP contribution in [0.5, 0.6) is 0 Å². The number of benzene rings is 1. The van der Waals surface area contributed by atoms with Crippen LogP contribution >= 0.6 is 0 Å². The zero-order chi connectivity index (χ0) is 14.7. The first kappa shape index (κ1) is 15.0. The molecule has 1 aromatic carbocycles. The largest absolute Gasteiger partial charge is 0.335 e. The molecule has 2 N–H and O–H groups in total. The molecule has 1 aromatic rings. The number of hydrogen-bond donors (Lipinski definition) is 1. The summed E-state index contributed by atoms with van der Waals surface area (Å²) in [5.41, 5.74) is 8.42. The summed E-state index contributed by atoms with van der Waals surface area (Å²) < 4.78 is 0. The van der Waals surface area contributed by atoms with Crippen LogP contribution in [0.3, 0.4) is 0 Å². The van der Waals surface area contributed by atoms with Gasteiger partial charge in [-0.1, -0.05) is 38.1 Å². The van der Waals surface area contributed by atoms with Gasteiger partial charge in [0, 0.05) is 18.6 Å². The van der Waals surface area contributed by atoms with Gasteiger partial charge in [-0.25, -0.2) is 0 Å². The molecule has 2 atom stereocenters. The number of aryl methyl sites for hydroxylation is 1. The second-order valence-corrected chi connectivity index (χ2v) is 6.02. The highest BCUT2D eigenvalue weighted by Crippen LogP contribution is 2.30. The molecule has 2 unspecified atom stereocenters. The van der Waals surface area contributed by atoms with Crippen LogP contribution in [-0.4, -0.2) is 22.9 Å². The minimum absolute atomic E-state index is 0.0915. The average Bonchev–Trinajstić information content (AvgIpc) is 3.28. The Kier molecular flexibility index (Phi) is 4.81. The topological polar surface area (TPSA) is 46.3 Å². The van der Waals surface area contributed by atoms with Gasteiger partial charge >= 0.3 is 0 Å². The Hall–Kier alpha value is -1.35. The summed E-state index contributed by atoms with van der Waals surface area (Å²) in [6.45, 7) is 6.70. The van der Waals surface area contributed by atoms with E-state index in [4.69, 9.17) is 5.73 Å². The van der Waals surface area contributed by atoms with Crippen molar-refractivity contribution in [2.75, 3.05) is 0 Å². The van der Waals surface area contributed by atoms with Crippen LogP contribution in [0, 0.1) is 5.92 Å². The van der Waals surface area contributed by atoms with Gasteiger partial charge in [0.2, 0.25) is 5.91 Å². The predicted octanol–water partition coefficient (Wildman–Crippen LogP) is 2.72. The van der Waals surface area contributed by atoms with Crippen LogP contribution in [0.25, 0.3) is 0 Å². The van der Waals surface area contributed by atoms with Gasteiger partial charge in [-0.15, -0.1) is 0 Å². The fourth-order valence-corrected chi connectivity index (χ4v) is 2.34. The smallest absolute Gasteiger partial charge is 0.227 e. The van der Waals surface area contributed by atoms with Crippen molar-refractivity contribution in [1.29, 1.82) is 0 Å². The number of carbonyl (C=O) groups excluding carboxylic acids is 1. The van der Waals surface area contributed by atoms with Crippen LogP contribution in [0.15, 0.2) is 24.3 Å². The molecule has 20 heavy (non-hydrogen) atoms. The third-order valence-electron chi connectivity index (χ3n) is 4.23. The Labute approximate surface area is 122 Å². The summed E-state index contributed by atoms with van der Waals surface area (Å²) in [6, 6.07) is 8.91. The summed E-state index contributed by atoms with van der Waals surface area (Å²) in [4.78, 5) is 14.6. The molecule has 2 rings (SSSR count). The standard InChI is InChI=1S/C17H26N2O/c1-4-14-5-7-15(8-6-14)11-19(16-9-10-16)17(20)12(2)13(3)18/h5-8,12-13,16H,4,9-11,18H2,1-3H3. The average molecular weight is 274 g/mol. The Morgan fingerprint density at radius 1 is 1.25 bits per heavy atom. The normalized spacial score (nSPS) is 17.6. The van der Waals surface area contributed by atoms with E-state index in [-0.39, 0.29) is 17.9 Å². The first-order valence-electron chi connectivity index (χ1n) is 7.66. The molecule has 0 saturated heterocycles. The van der Waals surface area contributed by atoms with E-state index in [0.29, 0.717) is 12.6 Å². The molecule has 0 heterocycles. The van der Waals surface area contributed by atoms with Gasteiger partial charge in [0.15, 0.2) is 0 Å². The molecule has 1 aliphatic rings. The molecule has 1 aliphatic carbocycles. The molecule has 0 aromatic heterocycles. The van der Waals surface area contributed by atoms with E-state index in [0.717, 1.165) is 19.3 Å². The van der Waals surface area contributed by atoms with E-state index in [9.17, 15) is 4.79 Å². The lowest BCUT2D eigenvalue weighted by Crippen LogP contribution is -2.42. The monoisotopic (exact) mass is 274 g/mol. The van der Waals surface area contributed by atoms with E-state index in [1.165, 1.54) is 11.1 Å². The van der Waals surface area contributed by atoms with Crippen LogP contribution < -0.4 is 5.73 Å². The van der Waals surface area contributed by atoms with E-state index in [1.54, 1.807) is 0 Å². The van der Waals surface area contributed by atoms with Gasteiger partial charge < -0.3 is 10.6 Å².